The lowest BCUT2D eigenvalue weighted by Crippen LogP contribution is -2.43. The Labute approximate surface area is 106 Å². The number of carbonyl (C=O) groups is 1. The number of carbonyl (C=O) groups excluding carboxylic acids is 1. The number of rotatable bonds is 4. The minimum Gasteiger partial charge on any atom is -0.375 e. The van der Waals surface area contributed by atoms with Gasteiger partial charge < -0.3 is 10.8 Å². The highest BCUT2D eigenvalue weighted by molar-refractivity contribution is 5.85. The second-order valence-corrected chi connectivity index (χ2v) is 4.25. The van der Waals surface area contributed by atoms with Crippen molar-refractivity contribution >= 4 is 5.91 Å². The zero-order valence-electron chi connectivity index (χ0n) is 9.91. The Hall–Kier alpha value is -2.13. The lowest BCUT2D eigenvalue weighted by molar-refractivity contribution is -0.137. The first-order valence-corrected chi connectivity index (χ1v) is 5.74. The second-order valence-electron chi connectivity index (χ2n) is 4.25. The predicted molar refractivity (Wildman–Crippen MR) is 69.7 cm³/mol. The molecule has 0 fully saturated rings. The molecule has 2 aromatic carbocycles. The monoisotopic (exact) mass is 241 g/mol. The van der Waals surface area contributed by atoms with Crippen LogP contribution in [0.4, 0.5) is 0 Å². The third kappa shape index (κ3) is 2.41. The Morgan fingerprint density at radius 2 is 1.50 bits per heavy atom. The number of hydrogen-bond acceptors (Lipinski definition) is 2. The summed E-state index contributed by atoms with van der Waals surface area (Å²) in [7, 11) is 0. The van der Waals surface area contributed by atoms with Crippen molar-refractivity contribution in [3.63, 3.8) is 0 Å². The summed E-state index contributed by atoms with van der Waals surface area (Å²) in [4.78, 5) is 11.6. The van der Waals surface area contributed by atoms with Crippen molar-refractivity contribution in [2.45, 2.75) is 12.0 Å². The fraction of sp³-hybridized carbons (Fsp3) is 0.133. The SMILES string of the molecule is NC(=O)C(O)(Cc1ccccc1)c1ccccc1. The van der Waals surface area contributed by atoms with Gasteiger partial charge in [-0.3, -0.25) is 4.79 Å². The van der Waals surface area contributed by atoms with E-state index in [1.807, 2.05) is 36.4 Å². The molecule has 3 heteroatoms. The van der Waals surface area contributed by atoms with Gasteiger partial charge in [0.05, 0.1) is 0 Å². The highest BCUT2D eigenvalue weighted by atomic mass is 16.3. The molecule has 0 spiro atoms. The maximum absolute atomic E-state index is 11.6. The van der Waals surface area contributed by atoms with Gasteiger partial charge in [0.15, 0.2) is 5.60 Å². The van der Waals surface area contributed by atoms with E-state index in [9.17, 15) is 9.90 Å². The summed E-state index contributed by atoms with van der Waals surface area (Å²) < 4.78 is 0. The summed E-state index contributed by atoms with van der Waals surface area (Å²) >= 11 is 0. The van der Waals surface area contributed by atoms with Gasteiger partial charge in [0.1, 0.15) is 0 Å². The van der Waals surface area contributed by atoms with Gasteiger partial charge >= 0.3 is 0 Å². The summed E-state index contributed by atoms with van der Waals surface area (Å²) in [6.45, 7) is 0. The lowest BCUT2D eigenvalue weighted by Gasteiger charge is -2.25. The van der Waals surface area contributed by atoms with E-state index in [2.05, 4.69) is 0 Å². The number of primary amides is 1. The minimum absolute atomic E-state index is 0.174. The van der Waals surface area contributed by atoms with Gasteiger partial charge in [-0.2, -0.15) is 0 Å². The van der Waals surface area contributed by atoms with Crippen molar-refractivity contribution in [3.05, 3.63) is 71.8 Å². The molecule has 18 heavy (non-hydrogen) atoms. The normalized spacial score (nSPS) is 13.8. The van der Waals surface area contributed by atoms with Crippen molar-refractivity contribution in [2.75, 3.05) is 0 Å². The highest BCUT2D eigenvalue weighted by Gasteiger charge is 2.35. The van der Waals surface area contributed by atoms with Gasteiger partial charge in [0.25, 0.3) is 5.91 Å². The number of aliphatic hydroxyl groups is 1. The van der Waals surface area contributed by atoms with Crippen LogP contribution in [-0.2, 0) is 16.8 Å². The van der Waals surface area contributed by atoms with Crippen molar-refractivity contribution in [1.29, 1.82) is 0 Å². The zero-order valence-corrected chi connectivity index (χ0v) is 9.91. The summed E-state index contributed by atoms with van der Waals surface area (Å²) in [5.74, 6) is -0.738. The predicted octanol–water partition coefficient (Wildman–Crippen LogP) is 1.60. The molecule has 0 aliphatic heterocycles. The zero-order chi connectivity index (χ0) is 13.0. The van der Waals surface area contributed by atoms with Gasteiger partial charge in [-0.25, -0.2) is 0 Å². The van der Waals surface area contributed by atoms with Gasteiger partial charge in [-0.15, -0.1) is 0 Å². The van der Waals surface area contributed by atoms with E-state index in [0.717, 1.165) is 5.56 Å². The molecule has 2 rings (SSSR count). The molecule has 1 unspecified atom stereocenters. The Bertz CT molecular complexity index is 525. The number of nitrogens with two attached hydrogens (primary N) is 1. The molecule has 2 aromatic rings. The maximum atomic E-state index is 11.6. The molecule has 0 aromatic heterocycles. The number of benzene rings is 2. The molecule has 3 nitrogen and oxygen atoms in total. The molecular weight excluding hydrogens is 226 g/mol. The smallest absolute Gasteiger partial charge is 0.254 e. The van der Waals surface area contributed by atoms with E-state index in [-0.39, 0.29) is 6.42 Å². The van der Waals surface area contributed by atoms with E-state index >= 15 is 0 Å². The Balaban J connectivity index is 2.37. The topological polar surface area (TPSA) is 63.3 Å². The molecule has 1 amide bonds. The third-order valence-electron chi connectivity index (χ3n) is 2.96. The molecular formula is C15H15NO2. The molecule has 0 aliphatic carbocycles. The van der Waals surface area contributed by atoms with E-state index in [1.165, 1.54) is 0 Å². The maximum Gasteiger partial charge on any atom is 0.254 e. The number of amides is 1. The molecule has 3 N–H and O–H groups in total. The van der Waals surface area contributed by atoms with Crippen molar-refractivity contribution in [1.82, 2.24) is 0 Å². The average Bonchev–Trinajstić information content (AvgIpc) is 2.40. The van der Waals surface area contributed by atoms with Crippen molar-refractivity contribution < 1.29 is 9.90 Å². The summed E-state index contributed by atoms with van der Waals surface area (Å²) in [6, 6.07) is 18.1. The average molecular weight is 241 g/mol. The number of hydrogen-bond donors (Lipinski definition) is 2. The molecule has 0 saturated carbocycles. The summed E-state index contributed by atoms with van der Waals surface area (Å²) in [5.41, 5.74) is 5.08. The first kappa shape index (κ1) is 12.3. The molecule has 0 bridgehead atoms. The van der Waals surface area contributed by atoms with E-state index < -0.39 is 11.5 Å². The minimum atomic E-state index is -1.66. The van der Waals surface area contributed by atoms with E-state index in [1.54, 1.807) is 24.3 Å². The van der Waals surface area contributed by atoms with Crippen molar-refractivity contribution in [3.8, 4) is 0 Å². The highest BCUT2D eigenvalue weighted by Crippen LogP contribution is 2.25. The Morgan fingerprint density at radius 3 is 2.00 bits per heavy atom. The van der Waals surface area contributed by atoms with Gasteiger partial charge in [0, 0.05) is 6.42 Å². The molecule has 0 aliphatic rings. The van der Waals surface area contributed by atoms with Crippen LogP contribution in [0.1, 0.15) is 11.1 Å². The van der Waals surface area contributed by atoms with Crippen LogP contribution in [0.5, 0.6) is 0 Å². The van der Waals surface area contributed by atoms with Gasteiger partial charge in [-0.05, 0) is 11.1 Å². The standard InChI is InChI=1S/C15H15NO2/c16-14(17)15(18,13-9-5-2-6-10-13)11-12-7-3-1-4-8-12/h1-10,18H,11H2,(H2,16,17). The quantitative estimate of drug-likeness (QED) is 0.854. The van der Waals surface area contributed by atoms with Crippen LogP contribution in [-0.4, -0.2) is 11.0 Å². The van der Waals surface area contributed by atoms with E-state index in [4.69, 9.17) is 5.73 Å². The Kier molecular flexibility index (Phi) is 3.44. The van der Waals surface area contributed by atoms with Crippen molar-refractivity contribution in [2.24, 2.45) is 5.73 Å². The molecule has 0 radical (unpaired) electrons. The van der Waals surface area contributed by atoms with Crippen LogP contribution in [0.3, 0.4) is 0 Å². The van der Waals surface area contributed by atoms with Crippen LogP contribution in [0.15, 0.2) is 60.7 Å². The fourth-order valence-electron chi connectivity index (χ4n) is 1.94. The van der Waals surface area contributed by atoms with Crippen LogP contribution < -0.4 is 5.73 Å². The Morgan fingerprint density at radius 1 is 1.00 bits per heavy atom. The van der Waals surface area contributed by atoms with Crippen LogP contribution >= 0.6 is 0 Å². The molecule has 0 saturated heterocycles. The second kappa shape index (κ2) is 5.02. The summed E-state index contributed by atoms with van der Waals surface area (Å²) in [6.07, 6.45) is 0.174. The first-order chi connectivity index (χ1) is 8.63. The first-order valence-electron chi connectivity index (χ1n) is 5.74. The van der Waals surface area contributed by atoms with Crippen LogP contribution in [0.2, 0.25) is 0 Å². The molecule has 92 valence electrons. The molecule has 1 atom stereocenters. The third-order valence-corrected chi connectivity index (χ3v) is 2.96. The van der Waals surface area contributed by atoms with Gasteiger partial charge in [-0.1, -0.05) is 60.7 Å². The van der Waals surface area contributed by atoms with E-state index in [0.29, 0.717) is 5.56 Å². The van der Waals surface area contributed by atoms with Gasteiger partial charge in [0.2, 0.25) is 0 Å². The largest absolute Gasteiger partial charge is 0.375 e. The van der Waals surface area contributed by atoms with Crippen LogP contribution in [0.25, 0.3) is 0 Å². The summed E-state index contributed by atoms with van der Waals surface area (Å²) in [5, 5.41) is 10.5. The van der Waals surface area contributed by atoms with Crippen LogP contribution in [0, 0.1) is 0 Å². The molecule has 0 heterocycles. The fourth-order valence-corrected chi connectivity index (χ4v) is 1.94. The lowest BCUT2D eigenvalue weighted by atomic mass is 9.86.